The Balaban J connectivity index is -0.000000179. The zero-order chi connectivity index (χ0) is 9.68. The quantitative estimate of drug-likeness (QED) is 0.378. The summed E-state index contributed by atoms with van der Waals surface area (Å²) in [5.74, 6) is 2.22. The van der Waals surface area contributed by atoms with Gasteiger partial charge in [0.15, 0.2) is 0 Å². The van der Waals surface area contributed by atoms with E-state index in [1.165, 1.54) is 16.4 Å². The predicted octanol–water partition coefficient (Wildman–Crippen LogP) is -2.16. The van der Waals surface area contributed by atoms with Gasteiger partial charge in [0.2, 0.25) is 0 Å². The fraction of sp³-hybridized carbons (Fsp3) is 0.333. The van der Waals surface area contributed by atoms with E-state index in [4.69, 9.17) is 0 Å². The largest absolute Gasteiger partial charge is 4.00 e. The number of allylic oxidation sites excluding steroid dienone is 4. The Hall–Kier alpha value is 0.554. The molecule has 0 spiro atoms. The van der Waals surface area contributed by atoms with Gasteiger partial charge in [-0.3, -0.25) is 6.08 Å². The minimum Gasteiger partial charge on any atom is -1.00 e. The molecule has 1 aromatic heterocycles. The van der Waals surface area contributed by atoms with E-state index in [2.05, 4.69) is 50.9 Å². The van der Waals surface area contributed by atoms with Crippen LogP contribution in [0, 0.1) is 26.0 Å². The molecule has 1 aromatic rings. The summed E-state index contributed by atoms with van der Waals surface area (Å²) in [6.07, 6.45) is 8.33. The minimum absolute atomic E-state index is 0. The van der Waals surface area contributed by atoms with E-state index in [1.807, 2.05) is 0 Å². The molecular formula is C12H15Cl2PTi. The molecule has 0 N–H and O–H groups in total. The summed E-state index contributed by atoms with van der Waals surface area (Å²) in [6.45, 7) is 6.26. The van der Waals surface area contributed by atoms with Gasteiger partial charge < -0.3 is 24.8 Å². The maximum absolute atomic E-state index is 3.21. The molecule has 2 rings (SSSR count). The van der Waals surface area contributed by atoms with E-state index < -0.39 is 0 Å². The molecule has 0 aromatic carbocycles. The average molecular weight is 309 g/mol. The fourth-order valence-corrected chi connectivity index (χ4v) is 1.87. The predicted molar refractivity (Wildman–Crippen MR) is 60.4 cm³/mol. The van der Waals surface area contributed by atoms with E-state index in [0.717, 1.165) is 14.6 Å². The van der Waals surface area contributed by atoms with Gasteiger partial charge in [-0.1, -0.05) is 20.8 Å². The van der Waals surface area contributed by atoms with Crippen LogP contribution >= 0.6 is 8.19 Å². The first-order valence-electron chi connectivity index (χ1n) is 4.46. The van der Waals surface area contributed by atoms with Gasteiger partial charge in [-0.2, -0.15) is 11.9 Å². The summed E-state index contributed by atoms with van der Waals surface area (Å²) in [7, 11) is 0.906. The summed E-state index contributed by atoms with van der Waals surface area (Å²) < 4.78 is 0. The SMILES string of the molecule is CC1=[C-]CC=C1.Cc1[c-]c(C)[pH]c1.[Cl-].[Cl-].[Ti+4]. The van der Waals surface area contributed by atoms with Crippen LogP contribution in [0.2, 0.25) is 0 Å². The Labute approximate surface area is 128 Å². The van der Waals surface area contributed by atoms with Gasteiger partial charge in [0.25, 0.3) is 0 Å². The molecule has 0 saturated carbocycles. The summed E-state index contributed by atoms with van der Waals surface area (Å²) in [4.78, 5) is 0. The zero-order valence-corrected chi connectivity index (χ0v) is 13.8. The van der Waals surface area contributed by atoms with Gasteiger partial charge in [0, 0.05) is 0 Å². The summed E-state index contributed by atoms with van der Waals surface area (Å²) >= 11 is 0. The van der Waals surface area contributed by atoms with Crippen molar-refractivity contribution >= 4 is 8.19 Å². The van der Waals surface area contributed by atoms with Crippen LogP contribution < -0.4 is 24.8 Å². The average Bonchev–Trinajstić information content (AvgIpc) is 2.64. The van der Waals surface area contributed by atoms with Crippen molar-refractivity contribution in [1.82, 2.24) is 0 Å². The van der Waals surface area contributed by atoms with Crippen molar-refractivity contribution in [2.75, 3.05) is 0 Å². The van der Waals surface area contributed by atoms with Crippen LogP contribution in [-0.2, 0) is 21.7 Å². The van der Waals surface area contributed by atoms with Gasteiger partial charge in [-0.25, -0.2) is 31.5 Å². The molecule has 1 unspecified atom stereocenters. The molecule has 0 saturated heterocycles. The Bertz CT molecular complexity index is 310. The van der Waals surface area contributed by atoms with Crippen molar-refractivity contribution in [3.05, 3.63) is 46.5 Å². The van der Waals surface area contributed by atoms with Crippen molar-refractivity contribution in [3.8, 4) is 0 Å². The smallest absolute Gasteiger partial charge is 1.00 e. The molecule has 0 nitrogen and oxygen atoms in total. The van der Waals surface area contributed by atoms with Gasteiger partial charge >= 0.3 is 21.7 Å². The Morgan fingerprint density at radius 3 is 1.94 bits per heavy atom. The van der Waals surface area contributed by atoms with Crippen LogP contribution in [0.4, 0.5) is 0 Å². The second-order valence-electron chi connectivity index (χ2n) is 3.19. The topological polar surface area (TPSA) is 0 Å². The van der Waals surface area contributed by atoms with Crippen molar-refractivity contribution in [3.63, 3.8) is 0 Å². The zero-order valence-electron chi connectivity index (χ0n) is 9.70. The maximum atomic E-state index is 3.21. The first-order chi connectivity index (χ1) is 6.18. The second kappa shape index (κ2) is 12.0. The minimum atomic E-state index is 0. The van der Waals surface area contributed by atoms with Crippen molar-refractivity contribution in [2.24, 2.45) is 0 Å². The van der Waals surface area contributed by atoms with Gasteiger partial charge in [-0.05, 0) is 0 Å². The number of aryl methyl sites for hydroxylation is 2. The molecule has 0 bridgehead atoms. The van der Waals surface area contributed by atoms with Gasteiger partial charge in [0.1, 0.15) is 0 Å². The van der Waals surface area contributed by atoms with Gasteiger partial charge in [0.05, 0.1) is 0 Å². The molecule has 1 aliphatic carbocycles. The van der Waals surface area contributed by atoms with E-state index in [-0.39, 0.29) is 46.5 Å². The van der Waals surface area contributed by atoms with Crippen LogP contribution in [-0.4, -0.2) is 0 Å². The molecule has 1 heterocycles. The molecule has 16 heavy (non-hydrogen) atoms. The molecule has 0 fully saturated rings. The molecule has 0 aliphatic heterocycles. The summed E-state index contributed by atoms with van der Waals surface area (Å²) in [6, 6.07) is 3.21. The number of hydrogen-bond donors (Lipinski definition) is 0. The number of hydrogen-bond acceptors (Lipinski definition) is 0. The first-order valence-corrected chi connectivity index (χ1v) is 5.54. The Morgan fingerprint density at radius 2 is 1.81 bits per heavy atom. The maximum Gasteiger partial charge on any atom is 4.00 e. The Morgan fingerprint density at radius 1 is 1.19 bits per heavy atom. The third-order valence-corrected chi connectivity index (χ3v) is 2.89. The third-order valence-electron chi connectivity index (χ3n) is 1.76. The molecular weight excluding hydrogens is 294 g/mol. The fourth-order valence-electron chi connectivity index (χ4n) is 1.10. The van der Waals surface area contributed by atoms with Crippen LogP contribution in [0.15, 0.2) is 23.5 Å². The molecule has 86 valence electrons. The molecule has 1 atom stereocenters. The van der Waals surface area contributed by atoms with E-state index in [9.17, 15) is 0 Å². The van der Waals surface area contributed by atoms with Crippen molar-refractivity contribution in [2.45, 2.75) is 27.2 Å². The summed E-state index contributed by atoms with van der Waals surface area (Å²) in [5.41, 5.74) is 2.57. The van der Waals surface area contributed by atoms with Gasteiger partial charge in [-0.15, -0.1) is 11.7 Å². The van der Waals surface area contributed by atoms with E-state index >= 15 is 0 Å². The van der Waals surface area contributed by atoms with Crippen LogP contribution in [0.25, 0.3) is 0 Å². The standard InChI is InChI=1S/C6H8P.C6H7.2ClH.Ti/c1-5-3-6(2)7-4-5;1-6-4-2-3-5-6;;;/h4,7H,1-2H3;2,4H,3H2,1H3;2*1H;/q2*-1;;;+4/p-2. The Kier molecular flexibility index (Phi) is 16.4. The first kappa shape index (κ1) is 21.8. The van der Waals surface area contributed by atoms with Crippen molar-refractivity contribution < 1.29 is 46.5 Å². The van der Waals surface area contributed by atoms with E-state index in [1.54, 1.807) is 0 Å². The molecule has 1 aliphatic rings. The van der Waals surface area contributed by atoms with E-state index in [0.29, 0.717) is 0 Å². The summed E-state index contributed by atoms with van der Waals surface area (Å²) in [5, 5.41) is 1.39. The third kappa shape index (κ3) is 9.76. The number of rotatable bonds is 0. The molecule has 0 amide bonds. The van der Waals surface area contributed by atoms with Crippen LogP contribution in [0.5, 0.6) is 0 Å². The normalized spacial score (nSPS) is 11.6. The molecule has 0 radical (unpaired) electrons. The monoisotopic (exact) mass is 308 g/mol. The van der Waals surface area contributed by atoms with Crippen LogP contribution in [0.1, 0.15) is 24.2 Å². The van der Waals surface area contributed by atoms with Crippen molar-refractivity contribution in [1.29, 1.82) is 0 Å². The van der Waals surface area contributed by atoms with Crippen LogP contribution in [0.3, 0.4) is 0 Å². The number of halogens is 2. The second-order valence-corrected chi connectivity index (χ2v) is 4.52. The molecule has 4 heteroatoms.